The first-order chi connectivity index (χ1) is 10.3. The maximum absolute atomic E-state index is 12.2. The smallest absolute Gasteiger partial charge is 0.262 e. The van der Waals surface area contributed by atoms with Crippen LogP contribution in [-0.4, -0.2) is 57.6 Å². The minimum atomic E-state index is -0.0935. The highest BCUT2D eigenvalue weighted by Gasteiger charge is 2.05. The third-order valence-corrected chi connectivity index (χ3v) is 3.18. The molecule has 0 amide bonds. The van der Waals surface area contributed by atoms with Gasteiger partial charge >= 0.3 is 0 Å². The molecule has 0 saturated heterocycles. The van der Waals surface area contributed by atoms with E-state index in [0.29, 0.717) is 37.3 Å². The standard InChI is InChI=1S/C14H20N4O3.2ClH/c19-7-5-17(6-8-20)9-15-10-18-11-16-13-4-2-1-3-12(13)14(18)21;;/h1-4,11,15,19-20H,5-10H2;2*1H. The molecule has 0 saturated carbocycles. The van der Waals surface area contributed by atoms with E-state index in [0.717, 1.165) is 0 Å². The fourth-order valence-corrected chi connectivity index (χ4v) is 2.10. The van der Waals surface area contributed by atoms with Gasteiger partial charge in [0.2, 0.25) is 0 Å². The van der Waals surface area contributed by atoms with E-state index >= 15 is 0 Å². The highest BCUT2D eigenvalue weighted by molar-refractivity contribution is 5.85. The Bertz CT molecular complexity index is 633. The SMILES string of the molecule is Cl.Cl.O=c1c2ccccc2ncn1CNCN(CCO)CCO. The van der Waals surface area contributed by atoms with Crippen molar-refractivity contribution < 1.29 is 10.2 Å². The summed E-state index contributed by atoms with van der Waals surface area (Å²) in [7, 11) is 0. The van der Waals surface area contributed by atoms with Gasteiger partial charge in [-0.1, -0.05) is 12.1 Å². The lowest BCUT2D eigenvalue weighted by atomic mass is 10.2. The molecule has 1 aromatic carbocycles. The Morgan fingerprint density at radius 2 is 1.78 bits per heavy atom. The average Bonchev–Trinajstić information content (AvgIpc) is 2.50. The molecule has 0 bridgehead atoms. The van der Waals surface area contributed by atoms with Gasteiger partial charge in [0.15, 0.2) is 0 Å². The van der Waals surface area contributed by atoms with E-state index in [4.69, 9.17) is 10.2 Å². The van der Waals surface area contributed by atoms with E-state index in [9.17, 15) is 4.79 Å². The Morgan fingerprint density at radius 1 is 1.13 bits per heavy atom. The van der Waals surface area contributed by atoms with Gasteiger partial charge in [0, 0.05) is 19.8 Å². The Kier molecular flexibility index (Phi) is 10.7. The van der Waals surface area contributed by atoms with Crippen LogP contribution in [0.15, 0.2) is 35.4 Å². The molecule has 0 spiro atoms. The normalized spacial score (nSPS) is 10.4. The summed E-state index contributed by atoms with van der Waals surface area (Å²) in [5, 5.41) is 21.5. The number of nitrogens with zero attached hydrogens (tertiary/aromatic N) is 3. The molecule has 1 aromatic heterocycles. The molecule has 0 unspecified atom stereocenters. The van der Waals surface area contributed by atoms with Crippen LogP contribution in [0.2, 0.25) is 0 Å². The van der Waals surface area contributed by atoms with E-state index in [1.54, 1.807) is 12.1 Å². The molecule has 0 radical (unpaired) electrons. The maximum atomic E-state index is 12.2. The van der Waals surface area contributed by atoms with Crippen LogP contribution in [0.3, 0.4) is 0 Å². The lowest BCUT2D eigenvalue weighted by Gasteiger charge is -2.20. The van der Waals surface area contributed by atoms with Crippen LogP contribution in [0.4, 0.5) is 0 Å². The second-order valence-electron chi connectivity index (χ2n) is 4.67. The molecular weight excluding hydrogens is 343 g/mol. The van der Waals surface area contributed by atoms with Crippen LogP contribution in [0.25, 0.3) is 10.9 Å². The number of para-hydroxylation sites is 1. The molecule has 3 N–H and O–H groups in total. The van der Waals surface area contributed by atoms with Gasteiger partial charge in [-0.3, -0.25) is 19.6 Å². The van der Waals surface area contributed by atoms with Gasteiger partial charge in [0.05, 0.1) is 37.1 Å². The number of aliphatic hydroxyl groups excluding tert-OH is 2. The third kappa shape index (κ3) is 6.06. The molecule has 0 aliphatic heterocycles. The van der Waals surface area contributed by atoms with Gasteiger partial charge in [-0.2, -0.15) is 0 Å². The first-order valence-corrected chi connectivity index (χ1v) is 6.85. The zero-order valence-electron chi connectivity index (χ0n) is 12.6. The van der Waals surface area contributed by atoms with Gasteiger partial charge in [0.25, 0.3) is 5.56 Å². The van der Waals surface area contributed by atoms with Crippen LogP contribution in [0, 0.1) is 0 Å². The largest absolute Gasteiger partial charge is 0.395 e. The highest BCUT2D eigenvalue weighted by atomic mass is 35.5. The van der Waals surface area contributed by atoms with E-state index in [1.807, 2.05) is 17.0 Å². The molecular formula is C14H22Cl2N4O3. The predicted octanol–water partition coefficient (Wildman–Crippen LogP) is 0.0313. The van der Waals surface area contributed by atoms with Gasteiger partial charge in [-0.25, -0.2) is 4.98 Å². The van der Waals surface area contributed by atoms with Crippen molar-refractivity contribution in [2.45, 2.75) is 6.67 Å². The summed E-state index contributed by atoms with van der Waals surface area (Å²) in [6, 6.07) is 7.22. The minimum Gasteiger partial charge on any atom is -0.395 e. The van der Waals surface area contributed by atoms with Crippen LogP contribution >= 0.6 is 24.8 Å². The predicted molar refractivity (Wildman–Crippen MR) is 94.2 cm³/mol. The van der Waals surface area contributed by atoms with E-state index in [1.165, 1.54) is 10.9 Å². The Hall–Kier alpha value is -1.22. The van der Waals surface area contributed by atoms with Crippen molar-refractivity contribution in [3.8, 4) is 0 Å². The van der Waals surface area contributed by atoms with Crippen molar-refractivity contribution in [2.24, 2.45) is 0 Å². The highest BCUT2D eigenvalue weighted by Crippen LogP contribution is 2.04. The molecule has 9 heteroatoms. The molecule has 1 heterocycles. The third-order valence-electron chi connectivity index (χ3n) is 3.18. The number of benzene rings is 1. The Balaban J connectivity index is 0.00000242. The fourth-order valence-electron chi connectivity index (χ4n) is 2.10. The van der Waals surface area contributed by atoms with Crippen molar-refractivity contribution in [1.29, 1.82) is 0 Å². The summed E-state index contributed by atoms with van der Waals surface area (Å²) in [6.45, 7) is 1.79. The molecule has 0 aliphatic rings. The minimum absolute atomic E-state index is 0. The molecule has 23 heavy (non-hydrogen) atoms. The summed E-state index contributed by atoms with van der Waals surface area (Å²) in [4.78, 5) is 18.3. The Morgan fingerprint density at radius 3 is 2.43 bits per heavy atom. The molecule has 7 nitrogen and oxygen atoms in total. The van der Waals surface area contributed by atoms with Crippen molar-refractivity contribution >= 4 is 35.7 Å². The molecule has 2 rings (SSSR count). The number of halogens is 2. The number of hydrogen-bond acceptors (Lipinski definition) is 6. The quantitative estimate of drug-likeness (QED) is 0.572. The maximum Gasteiger partial charge on any atom is 0.262 e. The van der Waals surface area contributed by atoms with E-state index in [-0.39, 0.29) is 43.6 Å². The number of rotatable bonds is 8. The molecule has 2 aromatic rings. The molecule has 0 aliphatic carbocycles. The average molecular weight is 365 g/mol. The summed E-state index contributed by atoms with van der Waals surface area (Å²) in [5.74, 6) is 0. The second kappa shape index (κ2) is 11.3. The summed E-state index contributed by atoms with van der Waals surface area (Å²) < 4.78 is 1.50. The Labute approximate surface area is 146 Å². The van der Waals surface area contributed by atoms with E-state index in [2.05, 4.69) is 10.3 Å². The van der Waals surface area contributed by atoms with Crippen LogP contribution in [0.5, 0.6) is 0 Å². The number of aromatic nitrogens is 2. The van der Waals surface area contributed by atoms with Gasteiger partial charge in [-0.15, -0.1) is 24.8 Å². The van der Waals surface area contributed by atoms with Crippen molar-refractivity contribution in [2.75, 3.05) is 33.0 Å². The summed E-state index contributed by atoms with van der Waals surface area (Å²) in [6.07, 6.45) is 1.51. The number of fused-ring (bicyclic) bond motifs is 1. The van der Waals surface area contributed by atoms with Crippen LogP contribution in [0.1, 0.15) is 0 Å². The zero-order chi connectivity index (χ0) is 15.1. The van der Waals surface area contributed by atoms with Gasteiger partial charge in [0.1, 0.15) is 0 Å². The van der Waals surface area contributed by atoms with Gasteiger partial charge in [-0.05, 0) is 12.1 Å². The number of aliphatic hydroxyl groups is 2. The monoisotopic (exact) mass is 364 g/mol. The molecule has 0 fully saturated rings. The van der Waals surface area contributed by atoms with Crippen molar-refractivity contribution in [3.63, 3.8) is 0 Å². The van der Waals surface area contributed by atoms with Crippen LogP contribution < -0.4 is 10.9 Å². The molecule has 130 valence electrons. The second-order valence-corrected chi connectivity index (χ2v) is 4.67. The number of hydrogen-bond donors (Lipinski definition) is 3. The fraction of sp³-hybridized carbons (Fsp3) is 0.429. The molecule has 0 atom stereocenters. The van der Waals surface area contributed by atoms with Crippen LogP contribution in [-0.2, 0) is 6.67 Å². The summed E-state index contributed by atoms with van der Waals surface area (Å²) >= 11 is 0. The van der Waals surface area contributed by atoms with Crippen molar-refractivity contribution in [1.82, 2.24) is 19.8 Å². The first-order valence-electron chi connectivity index (χ1n) is 6.85. The summed E-state index contributed by atoms with van der Waals surface area (Å²) in [5.41, 5.74) is 0.588. The van der Waals surface area contributed by atoms with E-state index < -0.39 is 0 Å². The lowest BCUT2D eigenvalue weighted by Crippen LogP contribution is -2.40. The first kappa shape index (κ1) is 21.8. The van der Waals surface area contributed by atoms with Crippen molar-refractivity contribution in [3.05, 3.63) is 40.9 Å². The zero-order valence-corrected chi connectivity index (χ0v) is 14.2. The number of nitrogens with one attached hydrogen (secondary N) is 1. The van der Waals surface area contributed by atoms with Gasteiger partial charge < -0.3 is 10.2 Å². The topological polar surface area (TPSA) is 90.6 Å². The lowest BCUT2D eigenvalue weighted by molar-refractivity contribution is 0.149.